The number of unbranched alkanes of at least 4 members (excludes halogenated alkanes) is 1. The second-order valence-corrected chi connectivity index (χ2v) is 7.71. The van der Waals surface area contributed by atoms with E-state index in [2.05, 4.69) is 21.7 Å². The molecule has 1 heterocycles. The lowest BCUT2D eigenvalue weighted by Crippen LogP contribution is -2.08. The molecular weight excluding hydrogens is 384 g/mol. The van der Waals surface area contributed by atoms with Crippen molar-refractivity contribution in [2.24, 2.45) is 0 Å². The van der Waals surface area contributed by atoms with Gasteiger partial charge in [-0.1, -0.05) is 55.4 Å². The number of ether oxygens (including phenoxy) is 1. The number of aromatic nitrogens is 3. The summed E-state index contributed by atoms with van der Waals surface area (Å²) in [6, 6.07) is 15.4. The third-order valence-electron chi connectivity index (χ3n) is 4.65. The van der Waals surface area contributed by atoms with Crippen molar-refractivity contribution in [3.63, 3.8) is 0 Å². The van der Waals surface area contributed by atoms with Gasteiger partial charge in [0.25, 0.3) is 0 Å². The molecule has 0 spiro atoms. The molecule has 29 heavy (non-hydrogen) atoms. The van der Waals surface area contributed by atoms with Crippen molar-refractivity contribution < 1.29 is 9.53 Å². The molecule has 3 aromatic rings. The van der Waals surface area contributed by atoms with E-state index in [0.29, 0.717) is 17.9 Å². The minimum absolute atomic E-state index is 0.326. The van der Waals surface area contributed by atoms with E-state index in [0.717, 1.165) is 47.1 Å². The molecule has 0 saturated carbocycles. The molecule has 2 N–H and O–H groups in total. The molecule has 0 aliphatic heterocycles. The first-order chi connectivity index (χ1) is 14.1. The molecule has 3 rings (SSSR count). The zero-order valence-corrected chi connectivity index (χ0v) is 17.6. The van der Waals surface area contributed by atoms with E-state index in [1.807, 2.05) is 42.5 Å². The number of anilines is 1. The molecule has 7 heteroatoms. The number of nitrogens with two attached hydrogens (primary N) is 1. The van der Waals surface area contributed by atoms with Crippen molar-refractivity contribution >= 4 is 23.4 Å². The summed E-state index contributed by atoms with van der Waals surface area (Å²) >= 11 is 1.58. The van der Waals surface area contributed by atoms with E-state index in [9.17, 15) is 4.79 Å². The minimum Gasteiger partial charge on any atom is -0.465 e. The van der Waals surface area contributed by atoms with Crippen LogP contribution in [-0.2, 0) is 23.5 Å². The Morgan fingerprint density at radius 1 is 1.14 bits per heavy atom. The van der Waals surface area contributed by atoms with Gasteiger partial charge in [0.1, 0.15) is 5.82 Å². The standard InChI is InChI=1S/C22H26N4O2S/c1-3-4-9-20-24-25-22(26(20)14-16-10-12-18(23)13-11-16)29-15-17-7-5-6-8-19(17)21(27)28-2/h5-8,10-13H,3-4,9,14-15,23H2,1-2H3. The second kappa shape index (κ2) is 10.1. The summed E-state index contributed by atoms with van der Waals surface area (Å²) in [7, 11) is 1.40. The van der Waals surface area contributed by atoms with Crippen molar-refractivity contribution in [2.45, 2.75) is 43.6 Å². The number of rotatable bonds is 9. The molecule has 152 valence electrons. The van der Waals surface area contributed by atoms with Crippen LogP contribution < -0.4 is 5.73 Å². The minimum atomic E-state index is -0.326. The highest BCUT2D eigenvalue weighted by atomic mass is 32.2. The molecule has 0 bridgehead atoms. The average molecular weight is 411 g/mol. The van der Waals surface area contributed by atoms with Crippen molar-refractivity contribution in [1.82, 2.24) is 14.8 Å². The Morgan fingerprint density at radius 2 is 1.90 bits per heavy atom. The molecule has 0 aliphatic rings. The maximum Gasteiger partial charge on any atom is 0.338 e. The molecule has 0 radical (unpaired) electrons. The van der Waals surface area contributed by atoms with E-state index in [-0.39, 0.29) is 5.97 Å². The summed E-state index contributed by atoms with van der Waals surface area (Å²) in [5, 5.41) is 9.70. The van der Waals surface area contributed by atoms with E-state index >= 15 is 0 Å². The first-order valence-electron chi connectivity index (χ1n) is 9.68. The van der Waals surface area contributed by atoms with Crippen molar-refractivity contribution in [2.75, 3.05) is 12.8 Å². The van der Waals surface area contributed by atoms with Crippen LogP contribution >= 0.6 is 11.8 Å². The van der Waals surface area contributed by atoms with Crippen LogP contribution in [0.2, 0.25) is 0 Å². The monoisotopic (exact) mass is 410 g/mol. The summed E-state index contributed by atoms with van der Waals surface area (Å²) in [6.45, 7) is 2.85. The highest BCUT2D eigenvalue weighted by molar-refractivity contribution is 7.98. The predicted octanol–water partition coefficient (Wildman–Crippen LogP) is 4.33. The third-order valence-corrected chi connectivity index (χ3v) is 5.66. The van der Waals surface area contributed by atoms with E-state index < -0.39 is 0 Å². The largest absolute Gasteiger partial charge is 0.465 e. The van der Waals surface area contributed by atoms with Crippen molar-refractivity contribution in [3.05, 3.63) is 71.0 Å². The summed E-state index contributed by atoms with van der Waals surface area (Å²) < 4.78 is 7.06. The van der Waals surface area contributed by atoms with Crippen LogP contribution in [0.4, 0.5) is 5.69 Å². The number of methoxy groups -OCH3 is 1. The number of carbonyl (C=O) groups excluding carboxylic acids is 1. The Labute approximate surface area is 175 Å². The summed E-state index contributed by atoms with van der Waals surface area (Å²) in [4.78, 5) is 12.0. The molecule has 0 aliphatic carbocycles. The fourth-order valence-corrected chi connectivity index (χ4v) is 3.97. The van der Waals surface area contributed by atoms with E-state index in [4.69, 9.17) is 10.5 Å². The highest BCUT2D eigenvalue weighted by Gasteiger charge is 2.16. The van der Waals surface area contributed by atoms with Gasteiger partial charge in [-0.05, 0) is 35.7 Å². The quantitative estimate of drug-likeness (QED) is 0.321. The molecule has 0 saturated heterocycles. The predicted molar refractivity (Wildman–Crippen MR) is 116 cm³/mol. The molecule has 6 nitrogen and oxygen atoms in total. The van der Waals surface area contributed by atoms with Gasteiger partial charge in [0.2, 0.25) is 0 Å². The Bertz CT molecular complexity index is 954. The topological polar surface area (TPSA) is 83.0 Å². The van der Waals surface area contributed by atoms with Gasteiger partial charge >= 0.3 is 5.97 Å². The van der Waals surface area contributed by atoms with Gasteiger partial charge in [-0.2, -0.15) is 0 Å². The van der Waals surface area contributed by atoms with Crippen LogP contribution in [0.15, 0.2) is 53.7 Å². The fourth-order valence-electron chi connectivity index (χ4n) is 3.01. The SMILES string of the molecule is CCCCc1nnc(SCc2ccccc2C(=O)OC)n1Cc1ccc(N)cc1. The number of benzene rings is 2. The number of carbonyl (C=O) groups is 1. The van der Waals surface area contributed by atoms with Crippen molar-refractivity contribution in [1.29, 1.82) is 0 Å². The fraction of sp³-hybridized carbons (Fsp3) is 0.318. The number of hydrogen-bond donors (Lipinski definition) is 1. The molecule has 2 aromatic carbocycles. The van der Waals surface area contributed by atoms with Crippen LogP contribution in [0.1, 0.15) is 47.1 Å². The number of thioether (sulfide) groups is 1. The first kappa shape index (κ1) is 20.9. The maximum atomic E-state index is 12.0. The zero-order valence-electron chi connectivity index (χ0n) is 16.8. The summed E-state index contributed by atoms with van der Waals surface area (Å²) in [5.41, 5.74) is 9.21. The Morgan fingerprint density at radius 3 is 2.62 bits per heavy atom. The number of hydrogen-bond acceptors (Lipinski definition) is 6. The van der Waals surface area contributed by atoms with Gasteiger partial charge in [0.15, 0.2) is 5.16 Å². The van der Waals surface area contributed by atoms with Crippen LogP contribution in [0, 0.1) is 0 Å². The molecule has 0 atom stereocenters. The lowest BCUT2D eigenvalue weighted by Gasteiger charge is -2.11. The van der Waals surface area contributed by atoms with Crippen LogP contribution in [0.25, 0.3) is 0 Å². The van der Waals surface area contributed by atoms with Gasteiger partial charge in [-0.25, -0.2) is 4.79 Å². The lowest BCUT2D eigenvalue weighted by atomic mass is 10.1. The second-order valence-electron chi connectivity index (χ2n) is 6.77. The maximum absolute atomic E-state index is 12.0. The smallest absolute Gasteiger partial charge is 0.338 e. The molecular formula is C22H26N4O2S. The summed E-state index contributed by atoms with van der Waals surface area (Å²) in [5.74, 6) is 1.26. The average Bonchev–Trinajstić information content (AvgIpc) is 3.13. The number of aryl methyl sites for hydroxylation is 1. The van der Waals surface area contributed by atoms with Crippen LogP contribution in [0.5, 0.6) is 0 Å². The molecule has 1 aromatic heterocycles. The number of nitrogens with zero attached hydrogens (tertiary/aromatic N) is 3. The molecule has 0 fully saturated rings. The van der Waals surface area contributed by atoms with Gasteiger partial charge in [-0.15, -0.1) is 10.2 Å². The Balaban J connectivity index is 1.83. The van der Waals surface area contributed by atoms with Gasteiger partial charge in [0, 0.05) is 17.9 Å². The third kappa shape index (κ3) is 5.38. The van der Waals surface area contributed by atoms with Gasteiger partial charge < -0.3 is 15.0 Å². The van der Waals surface area contributed by atoms with Crippen LogP contribution in [-0.4, -0.2) is 27.8 Å². The first-order valence-corrected chi connectivity index (χ1v) is 10.7. The van der Waals surface area contributed by atoms with Gasteiger partial charge in [-0.3, -0.25) is 0 Å². The Kier molecular flexibility index (Phi) is 7.30. The normalized spacial score (nSPS) is 10.8. The van der Waals surface area contributed by atoms with E-state index in [1.54, 1.807) is 17.8 Å². The van der Waals surface area contributed by atoms with E-state index in [1.165, 1.54) is 7.11 Å². The van der Waals surface area contributed by atoms with Crippen molar-refractivity contribution in [3.8, 4) is 0 Å². The number of esters is 1. The van der Waals surface area contributed by atoms with Gasteiger partial charge in [0.05, 0.1) is 19.2 Å². The lowest BCUT2D eigenvalue weighted by molar-refractivity contribution is 0.0600. The number of nitrogen functional groups attached to an aromatic ring is 1. The Hall–Kier alpha value is -2.80. The molecule has 0 amide bonds. The molecule has 0 unspecified atom stereocenters. The van der Waals surface area contributed by atoms with Crippen LogP contribution in [0.3, 0.4) is 0 Å². The highest BCUT2D eigenvalue weighted by Crippen LogP contribution is 2.25. The summed E-state index contributed by atoms with van der Waals surface area (Å²) in [6.07, 6.45) is 3.05. The zero-order chi connectivity index (χ0) is 20.6.